The minimum absolute atomic E-state index is 0.0858. The summed E-state index contributed by atoms with van der Waals surface area (Å²) in [6, 6.07) is 4.37. The summed E-state index contributed by atoms with van der Waals surface area (Å²) in [6.07, 6.45) is 4.56. The maximum Gasteiger partial charge on any atom is 0.239 e. The fraction of sp³-hybridized carbons (Fsp3) is 0.619. The molecular formula is C21H32N6O. The molecule has 7 heteroatoms. The molecule has 1 aromatic heterocycles. The molecule has 2 aromatic rings. The van der Waals surface area contributed by atoms with Crippen LogP contribution in [0.3, 0.4) is 0 Å². The minimum atomic E-state index is -0.482. The molecule has 0 saturated carbocycles. The topological polar surface area (TPSA) is 79.4 Å². The SMILES string of the molecule is Cc1cc(CC(N)C(=O)N2CCC(N3CCNCC3)CC2)cc2cnn(C)c12. The molecule has 2 fully saturated rings. The lowest BCUT2D eigenvalue weighted by Gasteiger charge is -2.40. The van der Waals surface area contributed by atoms with E-state index in [1.54, 1.807) is 0 Å². The predicted octanol–water partition coefficient (Wildman–Crippen LogP) is 0.648. The van der Waals surface area contributed by atoms with Crippen molar-refractivity contribution in [2.45, 2.75) is 38.3 Å². The number of amides is 1. The normalized spacial score (nSPS) is 20.6. The highest BCUT2D eigenvalue weighted by atomic mass is 16.2. The maximum atomic E-state index is 12.9. The van der Waals surface area contributed by atoms with Crippen LogP contribution < -0.4 is 11.1 Å². The van der Waals surface area contributed by atoms with Gasteiger partial charge < -0.3 is 16.0 Å². The Balaban J connectivity index is 1.35. The Hall–Kier alpha value is -1.96. The van der Waals surface area contributed by atoms with Gasteiger partial charge in [0.05, 0.1) is 17.8 Å². The third kappa shape index (κ3) is 3.92. The van der Waals surface area contributed by atoms with Crippen LogP contribution in [0.2, 0.25) is 0 Å². The minimum Gasteiger partial charge on any atom is -0.341 e. The monoisotopic (exact) mass is 384 g/mol. The van der Waals surface area contributed by atoms with Crippen molar-refractivity contribution in [3.63, 3.8) is 0 Å². The number of carbonyl (C=O) groups is 1. The Morgan fingerprint density at radius 1 is 1.25 bits per heavy atom. The van der Waals surface area contributed by atoms with Crippen molar-refractivity contribution in [2.24, 2.45) is 12.8 Å². The highest BCUT2D eigenvalue weighted by Gasteiger charge is 2.29. The van der Waals surface area contributed by atoms with Gasteiger partial charge in [0.25, 0.3) is 0 Å². The second-order valence-corrected chi connectivity index (χ2v) is 8.27. The lowest BCUT2D eigenvalue weighted by Crippen LogP contribution is -2.54. The van der Waals surface area contributed by atoms with E-state index in [-0.39, 0.29) is 5.91 Å². The number of hydrogen-bond acceptors (Lipinski definition) is 5. The molecule has 1 unspecified atom stereocenters. The van der Waals surface area contributed by atoms with E-state index in [0.29, 0.717) is 12.5 Å². The molecule has 0 spiro atoms. The second-order valence-electron chi connectivity index (χ2n) is 8.27. The van der Waals surface area contributed by atoms with Crippen molar-refractivity contribution in [3.05, 3.63) is 29.5 Å². The van der Waals surface area contributed by atoms with Gasteiger partial charge in [0.15, 0.2) is 0 Å². The molecule has 1 atom stereocenters. The van der Waals surface area contributed by atoms with E-state index in [1.807, 2.05) is 22.8 Å². The van der Waals surface area contributed by atoms with E-state index in [9.17, 15) is 4.79 Å². The quantitative estimate of drug-likeness (QED) is 0.809. The molecule has 28 heavy (non-hydrogen) atoms. The van der Waals surface area contributed by atoms with Crippen LogP contribution in [-0.2, 0) is 18.3 Å². The molecule has 4 rings (SSSR count). The summed E-state index contributed by atoms with van der Waals surface area (Å²) in [5.41, 5.74) is 9.74. The zero-order valence-electron chi connectivity index (χ0n) is 17.0. The number of aromatic nitrogens is 2. The zero-order chi connectivity index (χ0) is 19.7. The van der Waals surface area contributed by atoms with Crippen molar-refractivity contribution < 1.29 is 4.79 Å². The van der Waals surface area contributed by atoms with Crippen LogP contribution in [0, 0.1) is 6.92 Å². The van der Waals surface area contributed by atoms with Gasteiger partial charge >= 0.3 is 0 Å². The number of carbonyl (C=O) groups excluding carboxylic acids is 1. The van der Waals surface area contributed by atoms with E-state index in [2.05, 4.69) is 34.4 Å². The van der Waals surface area contributed by atoms with Gasteiger partial charge in [0, 0.05) is 57.7 Å². The van der Waals surface area contributed by atoms with Gasteiger partial charge in [-0.25, -0.2) is 0 Å². The summed E-state index contributed by atoms with van der Waals surface area (Å²) in [7, 11) is 1.95. The van der Waals surface area contributed by atoms with Crippen molar-refractivity contribution in [2.75, 3.05) is 39.3 Å². The molecule has 7 nitrogen and oxygen atoms in total. The van der Waals surface area contributed by atoms with Gasteiger partial charge in [-0.2, -0.15) is 5.10 Å². The van der Waals surface area contributed by atoms with Crippen LogP contribution in [0.1, 0.15) is 24.0 Å². The first-order chi connectivity index (χ1) is 13.5. The summed E-state index contributed by atoms with van der Waals surface area (Å²) in [5, 5.41) is 8.85. The van der Waals surface area contributed by atoms with E-state index >= 15 is 0 Å². The second kappa shape index (κ2) is 8.19. The largest absolute Gasteiger partial charge is 0.341 e. The molecule has 3 N–H and O–H groups in total. The van der Waals surface area contributed by atoms with Crippen molar-refractivity contribution >= 4 is 16.8 Å². The van der Waals surface area contributed by atoms with Crippen LogP contribution in [0.25, 0.3) is 10.9 Å². The smallest absolute Gasteiger partial charge is 0.239 e. The lowest BCUT2D eigenvalue weighted by atomic mass is 9.98. The number of nitrogens with two attached hydrogens (primary N) is 1. The number of rotatable bonds is 4. The molecule has 152 valence electrons. The molecule has 3 heterocycles. The van der Waals surface area contributed by atoms with E-state index in [0.717, 1.165) is 68.6 Å². The van der Waals surface area contributed by atoms with E-state index in [1.165, 1.54) is 5.56 Å². The number of likely N-dealkylation sites (tertiary alicyclic amines) is 1. The maximum absolute atomic E-state index is 12.9. The Labute approximate surface area is 166 Å². The number of piperazine rings is 1. The number of piperidine rings is 1. The number of aryl methyl sites for hydroxylation is 2. The molecule has 2 aliphatic heterocycles. The van der Waals surface area contributed by atoms with Gasteiger partial charge in [0.1, 0.15) is 0 Å². The van der Waals surface area contributed by atoms with E-state index < -0.39 is 6.04 Å². The molecule has 0 aliphatic carbocycles. The number of nitrogens with zero attached hydrogens (tertiary/aromatic N) is 4. The van der Waals surface area contributed by atoms with Gasteiger partial charge in [-0.3, -0.25) is 14.4 Å². The highest BCUT2D eigenvalue weighted by Crippen LogP contribution is 2.22. The predicted molar refractivity (Wildman–Crippen MR) is 111 cm³/mol. The molecule has 2 saturated heterocycles. The fourth-order valence-electron chi connectivity index (χ4n) is 4.82. The van der Waals surface area contributed by atoms with Crippen LogP contribution in [-0.4, -0.2) is 76.8 Å². The third-order valence-corrected chi connectivity index (χ3v) is 6.30. The van der Waals surface area contributed by atoms with Crippen LogP contribution >= 0.6 is 0 Å². The summed E-state index contributed by atoms with van der Waals surface area (Å²) < 4.78 is 1.89. The Morgan fingerprint density at radius 2 is 1.96 bits per heavy atom. The first-order valence-electron chi connectivity index (χ1n) is 10.4. The highest BCUT2D eigenvalue weighted by molar-refractivity contribution is 5.84. The Bertz CT molecular complexity index is 833. The standard InChI is InChI=1S/C21H32N6O/c1-15-11-16(12-17-14-24-25(2)20(15)17)13-19(22)21(28)27-7-3-18(4-8-27)26-9-5-23-6-10-26/h11-12,14,18-19,23H,3-10,13,22H2,1-2H3. The van der Waals surface area contributed by atoms with Gasteiger partial charge in [-0.05, 0) is 43.4 Å². The molecular weight excluding hydrogens is 352 g/mol. The summed E-state index contributed by atoms with van der Waals surface area (Å²) >= 11 is 0. The van der Waals surface area contributed by atoms with Crippen LogP contribution in [0.5, 0.6) is 0 Å². The van der Waals surface area contributed by atoms with Gasteiger partial charge in [-0.15, -0.1) is 0 Å². The number of nitrogens with one attached hydrogen (secondary N) is 1. The van der Waals surface area contributed by atoms with Gasteiger partial charge in [-0.1, -0.05) is 6.07 Å². The molecule has 2 aliphatic rings. The molecule has 1 aromatic carbocycles. The summed E-state index contributed by atoms with van der Waals surface area (Å²) in [4.78, 5) is 17.4. The van der Waals surface area contributed by atoms with Crippen LogP contribution in [0.4, 0.5) is 0 Å². The zero-order valence-corrected chi connectivity index (χ0v) is 17.0. The Kier molecular flexibility index (Phi) is 5.66. The number of hydrogen-bond donors (Lipinski definition) is 2. The number of benzene rings is 1. The average Bonchev–Trinajstić information content (AvgIpc) is 3.09. The van der Waals surface area contributed by atoms with Gasteiger partial charge in [0.2, 0.25) is 5.91 Å². The summed E-state index contributed by atoms with van der Waals surface area (Å²) in [5.74, 6) is 0.0858. The number of fused-ring (bicyclic) bond motifs is 1. The van der Waals surface area contributed by atoms with Crippen molar-refractivity contribution in [3.8, 4) is 0 Å². The Morgan fingerprint density at radius 3 is 2.68 bits per heavy atom. The molecule has 0 radical (unpaired) electrons. The van der Waals surface area contributed by atoms with Crippen LogP contribution in [0.15, 0.2) is 18.3 Å². The average molecular weight is 385 g/mol. The van der Waals surface area contributed by atoms with E-state index in [4.69, 9.17) is 5.73 Å². The molecule has 0 bridgehead atoms. The first kappa shape index (κ1) is 19.4. The van der Waals surface area contributed by atoms with Crippen molar-refractivity contribution in [1.82, 2.24) is 24.9 Å². The lowest BCUT2D eigenvalue weighted by molar-refractivity contribution is -0.134. The third-order valence-electron chi connectivity index (χ3n) is 6.30. The summed E-state index contributed by atoms with van der Waals surface area (Å²) in [6.45, 7) is 8.11. The first-order valence-corrected chi connectivity index (χ1v) is 10.4. The van der Waals surface area contributed by atoms with Crippen molar-refractivity contribution in [1.29, 1.82) is 0 Å². The fourth-order valence-corrected chi connectivity index (χ4v) is 4.82. The molecule has 1 amide bonds.